The first kappa shape index (κ1) is 16.3. The van der Waals surface area contributed by atoms with Crippen LogP contribution in [0, 0.1) is 0 Å². The smallest absolute Gasteiger partial charge is 0.266 e. The molecule has 8 heteroatoms. The quantitative estimate of drug-likeness (QED) is 0.668. The van der Waals surface area contributed by atoms with E-state index in [1.807, 2.05) is 0 Å². The number of aromatic nitrogens is 2. The zero-order chi connectivity index (χ0) is 18.0. The Morgan fingerprint density at radius 1 is 1.20 bits per heavy atom. The molecule has 3 aromatic rings. The summed E-state index contributed by atoms with van der Waals surface area (Å²) in [5.41, 5.74) is -0.828. The first-order valence-electron chi connectivity index (χ1n) is 7.28. The number of rotatable bonds is 4. The lowest BCUT2D eigenvalue weighted by molar-refractivity contribution is 0.102. The molecule has 0 atom stereocenters. The second-order valence-corrected chi connectivity index (χ2v) is 5.10. The first-order valence-corrected chi connectivity index (χ1v) is 7.28. The van der Waals surface area contributed by atoms with Gasteiger partial charge in [0.25, 0.3) is 11.5 Å². The Morgan fingerprint density at radius 2 is 1.92 bits per heavy atom. The number of carbonyl (C=O) groups excluding carboxylic acids is 1. The summed E-state index contributed by atoms with van der Waals surface area (Å²) < 4.78 is 10.4. The van der Waals surface area contributed by atoms with Crippen molar-refractivity contribution in [3.05, 3.63) is 52.4 Å². The third-order valence-corrected chi connectivity index (χ3v) is 3.62. The molecule has 0 radical (unpaired) electrons. The molecular formula is C17H15N3O5. The average molecular weight is 341 g/mol. The minimum atomic E-state index is -0.769. The van der Waals surface area contributed by atoms with Crippen LogP contribution >= 0.6 is 0 Å². The molecule has 1 amide bonds. The molecule has 0 spiro atoms. The molecule has 0 unspecified atom stereocenters. The van der Waals surface area contributed by atoms with E-state index in [-0.39, 0.29) is 11.2 Å². The van der Waals surface area contributed by atoms with Gasteiger partial charge in [-0.3, -0.25) is 9.59 Å². The molecule has 25 heavy (non-hydrogen) atoms. The van der Waals surface area contributed by atoms with E-state index in [1.165, 1.54) is 32.5 Å². The summed E-state index contributed by atoms with van der Waals surface area (Å²) in [5.74, 6) is -0.217. The average Bonchev–Trinajstić information content (AvgIpc) is 2.61. The fraction of sp³-hybridized carbons (Fsp3) is 0.118. The SMILES string of the molecule is COc1cc2[nH]c(=O)c(C(=O)Nc3ccccn3)c(O)c2cc1OC. The van der Waals surface area contributed by atoms with E-state index >= 15 is 0 Å². The zero-order valence-corrected chi connectivity index (χ0v) is 13.5. The van der Waals surface area contributed by atoms with Crippen LogP contribution in [0.25, 0.3) is 10.9 Å². The van der Waals surface area contributed by atoms with Crippen molar-refractivity contribution in [2.75, 3.05) is 19.5 Å². The highest BCUT2D eigenvalue weighted by molar-refractivity contribution is 6.08. The van der Waals surface area contributed by atoms with Crippen LogP contribution < -0.4 is 20.3 Å². The maximum absolute atomic E-state index is 12.4. The Balaban J connectivity index is 2.12. The summed E-state index contributed by atoms with van der Waals surface area (Å²) in [6.07, 6.45) is 1.50. The number of H-pyrrole nitrogens is 1. The van der Waals surface area contributed by atoms with Crippen LogP contribution in [0.2, 0.25) is 0 Å². The lowest BCUT2D eigenvalue weighted by atomic mass is 10.1. The molecule has 0 saturated carbocycles. The van der Waals surface area contributed by atoms with Crippen molar-refractivity contribution in [2.45, 2.75) is 0 Å². The van der Waals surface area contributed by atoms with Crippen LogP contribution in [0.1, 0.15) is 10.4 Å². The van der Waals surface area contributed by atoms with Crippen molar-refractivity contribution < 1.29 is 19.4 Å². The second-order valence-electron chi connectivity index (χ2n) is 5.10. The Kier molecular flexibility index (Phi) is 4.25. The van der Waals surface area contributed by atoms with E-state index in [9.17, 15) is 14.7 Å². The second kappa shape index (κ2) is 6.52. The number of carbonyl (C=O) groups is 1. The number of hydrogen-bond acceptors (Lipinski definition) is 6. The number of anilines is 1. The Morgan fingerprint density at radius 3 is 2.56 bits per heavy atom. The van der Waals surface area contributed by atoms with Gasteiger partial charge in [-0.05, 0) is 18.2 Å². The first-order chi connectivity index (χ1) is 12.0. The van der Waals surface area contributed by atoms with Crippen LogP contribution in [0.3, 0.4) is 0 Å². The van der Waals surface area contributed by atoms with E-state index in [4.69, 9.17) is 9.47 Å². The number of nitrogens with zero attached hydrogens (tertiary/aromatic N) is 1. The maximum atomic E-state index is 12.4. The standard InChI is InChI=1S/C17H15N3O5/c1-24-11-7-9-10(8-12(11)25-2)19-16(22)14(15(9)21)17(23)20-13-5-3-4-6-18-13/h3-8H,1-2H3,(H,18,20,23)(H2,19,21,22). The van der Waals surface area contributed by atoms with Gasteiger partial charge >= 0.3 is 0 Å². The highest BCUT2D eigenvalue weighted by Gasteiger charge is 2.21. The number of aromatic hydroxyl groups is 1. The Labute approximate surface area is 142 Å². The van der Waals surface area contributed by atoms with Crippen LogP contribution in [-0.2, 0) is 0 Å². The van der Waals surface area contributed by atoms with Gasteiger partial charge in [-0.25, -0.2) is 4.98 Å². The summed E-state index contributed by atoms with van der Waals surface area (Å²) in [6, 6.07) is 7.94. The molecule has 0 saturated heterocycles. The number of nitrogens with one attached hydrogen (secondary N) is 2. The van der Waals surface area contributed by atoms with Crippen LogP contribution in [0.4, 0.5) is 5.82 Å². The molecule has 0 aliphatic heterocycles. The maximum Gasteiger partial charge on any atom is 0.266 e. The van der Waals surface area contributed by atoms with E-state index in [2.05, 4.69) is 15.3 Å². The minimum Gasteiger partial charge on any atom is -0.506 e. The number of methoxy groups -OCH3 is 2. The highest BCUT2D eigenvalue weighted by Crippen LogP contribution is 2.35. The van der Waals surface area contributed by atoms with E-state index < -0.39 is 22.8 Å². The molecule has 0 aliphatic carbocycles. The molecular weight excluding hydrogens is 326 g/mol. The van der Waals surface area contributed by atoms with Gasteiger partial charge < -0.3 is 24.9 Å². The Bertz CT molecular complexity index is 999. The largest absolute Gasteiger partial charge is 0.506 e. The van der Waals surface area contributed by atoms with Gasteiger partial charge in [0, 0.05) is 17.6 Å². The highest BCUT2D eigenvalue weighted by atomic mass is 16.5. The lowest BCUT2D eigenvalue weighted by Gasteiger charge is -2.12. The number of amides is 1. The van der Waals surface area contributed by atoms with Gasteiger partial charge in [0.05, 0.1) is 19.7 Å². The molecule has 1 aromatic carbocycles. The predicted octanol–water partition coefficient (Wildman–Crippen LogP) is 1.90. The third kappa shape index (κ3) is 2.97. The van der Waals surface area contributed by atoms with Gasteiger partial charge in [-0.2, -0.15) is 0 Å². The molecule has 3 N–H and O–H groups in total. The van der Waals surface area contributed by atoms with Crippen molar-refractivity contribution in [3.63, 3.8) is 0 Å². The summed E-state index contributed by atoms with van der Waals surface area (Å²) >= 11 is 0. The Hall–Kier alpha value is -3.55. The lowest BCUT2D eigenvalue weighted by Crippen LogP contribution is -2.23. The summed E-state index contributed by atoms with van der Waals surface area (Å²) in [4.78, 5) is 31.2. The zero-order valence-electron chi connectivity index (χ0n) is 13.5. The number of benzene rings is 1. The number of fused-ring (bicyclic) bond motifs is 1. The van der Waals surface area contributed by atoms with Crippen molar-refractivity contribution in [1.29, 1.82) is 0 Å². The molecule has 3 rings (SSSR count). The molecule has 128 valence electrons. The number of aromatic amines is 1. The molecule has 8 nitrogen and oxygen atoms in total. The fourth-order valence-corrected chi connectivity index (χ4v) is 2.43. The summed E-state index contributed by atoms with van der Waals surface area (Å²) in [7, 11) is 2.90. The van der Waals surface area contributed by atoms with Gasteiger partial charge in [-0.1, -0.05) is 6.07 Å². The van der Waals surface area contributed by atoms with Crippen molar-refractivity contribution >= 4 is 22.6 Å². The van der Waals surface area contributed by atoms with E-state index in [1.54, 1.807) is 18.2 Å². The van der Waals surface area contributed by atoms with Gasteiger partial charge in [0.2, 0.25) is 0 Å². The summed E-state index contributed by atoms with van der Waals surface area (Å²) in [5, 5.41) is 13.2. The molecule has 0 aliphatic rings. The van der Waals surface area contributed by atoms with E-state index in [0.29, 0.717) is 17.0 Å². The fourth-order valence-electron chi connectivity index (χ4n) is 2.43. The normalized spacial score (nSPS) is 10.5. The minimum absolute atomic E-state index is 0.253. The third-order valence-electron chi connectivity index (χ3n) is 3.62. The van der Waals surface area contributed by atoms with Crippen molar-refractivity contribution in [3.8, 4) is 17.2 Å². The molecule has 2 aromatic heterocycles. The van der Waals surface area contributed by atoms with Gasteiger partial charge in [0.1, 0.15) is 17.1 Å². The number of hydrogen-bond donors (Lipinski definition) is 3. The van der Waals surface area contributed by atoms with Crippen LogP contribution in [0.5, 0.6) is 17.2 Å². The van der Waals surface area contributed by atoms with Gasteiger partial charge in [0.15, 0.2) is 11.5 Å². The number of ether oxygens (including phenoxy) is 2. The monoisotopic (exact) mass is 341 g/mol. The van der Waals surface area contributed by atoms with Gasteiger partial charge in [-0.15, -0.1) is 0 Å². The molecule has 0 fully saturated rings. The predicted molar refractivity (Wildman–Crippen MR) is 91.5 cm³/mol. The van der Waals surface area contributed by atoms with Crippen molar-refractivity contribution in [1.82, 2.24) is 9.97 Å². The molecule has 2 heterocycles. The van der Waals surface area contributed by atoms with E-state index in [0.717, 1.165) is 0 Å². The topological polar surface area (TPSA) is 114 Å². The van der Waals surface area contributed by atoms with Crippen LogP contribution in [-0.4, -0.2) is 35.2 Å². The molecule has 0 bridgehead atoms. The van der Waals surface area contributed by atoms with Crippen molar-refractivity contribution in [2.24, 2.45) is 0 Å². The van der Waals surface area contributed by atoms with Crippen LogP contribution in [0.15, 0.2) is 41.3 Å². The summed E-state index contributed by atoms with van der Waals surface area (Å²) in [6.45, 7) is 0. The number of pyridine rings is 2.